The first-order valence-electron chi connectivity index (χ1n) is 11.2. The lowest BCUT2D eigenvalue weighted by atomic mass is 9.90. The van der Waals surface area contributed by atoms with E-state index < -0.39 is 11.7 Å². The van der Waals surface area contributed by atoms with Crippen molar-refractivity contribution in [1.82, 2.24) is 29.3 Å². The van der Waals surface area contributed by atoms with Gasteiger partial charge < -0.3 is 9.30 Å². The zero-order valence-electron chi connectivity index (χ0n) is 19.2. The molecule has 0 bridgehead atoms. The van der Waals surface area contributed by atoms with Gasteiger partial charge in [-0.15, -0.1) is 0 Å². The number of benzene rings is 1. The average molecular weight is 480 g/mol. The summed E-state index contributed by atoms with van der Waals surface area (Å²) in [5, 5.41) is 4.58. The molecule has 7 nitrogen and oxygen atoms in total. The number of imidazole rings is 1. The normalized spacial score (nSPS) is 16.0. The Morgan fingerprint density at radius 3 is 2.54 bits per heavy atom. The van der Waals surface area contributed by atoms with E-state index in [0.29, 0.717) is 17.4 Å². The van der Waals surface area contributed by atoms with Crippen LogP contribution in [0.3, 0.4) is 0 Å². The molecule has 0 amide bonds. The number of aromatic nitrogens is 6. The number of halogens is 3. The van der Waals surface area contributed by atoms with E-state index in [1.54, 1.807) is 25.6 Å². The average Bonchev–Trinajstić information content (AvgIpc) is 3.47. The van der Waals surface area contributed by atoms with E-state index in [1.807, 2.05) is 34.5 Å². The van der Waals surface area contributed by atoms with Gasteiger partial charge in [0, 0.05) is 18.7 Å². The van der Waals surface area contributed by atoms with Gasteiger partial charge >= 0.3 is 6.18 Å². The Kier molecular flexibility index (Phi) is 5.88. The highest BCUT2D eigenvalue weighted by Gasteiger charge is 2.31. The lowest BCUT2D eigenvalue weighted by Crippen LogP contribution is -2.18. The summed E-state index contributed by atoms with van der Waals surface area (Å²) >= 11 is 0. The Balaban J connectivity index is 1.38. The lowest BCUT2D eigenvalue weighted by molar-refractivity contribution is -0.137. The second kappa shape index (κ2) is 9.01. The Morgan fingerprint density at radius 2 is 1.86 bits per heavy atom. The molecule has 0 saturated carbocycles. The van der Waals surface area contributed by atoms with Crippen molar-refractivity contribution in [3.05, 3.63) is 83.1 Å². The second-order valence-corrected chi connectivity index (χ2v) is 8.39. The zero-order chi connectivity index (χ0) is 24.6. The molecule has 1 aromatic carbocycles. The van der Waals surface area contributed by atoms with Crippen LogP contribution in [0.5, 0.6) is 5.88 Å². The predicted octanol–water partition coefficient (Wildman–Crippen LogP) is 5.29. The fraction of sp³-hybridized carbons (Fsp3) is 0.280. The SMILES string of the molecule is COc1nc(C=Cc2nc3n(n2)CCCC3c2ccc(C(F)(F)F)cc2)ccc1-n1cnc(C)c1. The van der Waals surface area contributed by atoms with Crippen molar-refractivity contribution in [2.45, 2.75) is 38.4 Å². The van der Waals surface area contributed by atoms with Gasteiger partial charge in [-0.05, 0) is 61.7 Å². The van der Waals surface area contributed by atoms with Crippen LogP contribution in [0.2, 0.25) is 0 Å². The van der Waals surface area contributed by atoms with Crippen molar-refractivity contribution >= 4 is 12.2 Å². The number of rotatable bonds is 5. The molecule has 1 aliphatic rings. The van der Waals surface area contributed by atoms with Crippen molar-refractivity contribution < 1.29 is 17.9 Å². The molecule has 35 heavy (non-hydrogen) atoms. The maximum atomic E-state index is 12.9. The first-order valence-corrected chi connectivity index (χ1v) is 11.2. The largest absolute Gasteiger partial charge is 0.479 e. The molecule has 180 valence electrons. The first-order chi connectivity index (χ1) is 16.8. The van der Waals surface area contributed by atoms with Gasteiger partial charge in [-0.1, -0.05) is 12.1 Å². The van der Waals surface area contributed by atoms with Crippen LogP contribution in [-0.4, -0.2) is 36.4 Å². The maximum absolute atomic E-state index is 12.9. The van der Waals surface area contributed by atoms with Crippen molar-refractivity contribution in [2.24, 2.45) is 0 Å². The molecule has 3 aromatic heterocycles. The Bertz CT molecular complexity index is 1370. The van der Waals surface area contributed by atoms with E-state index >= 15 is 0 Å². The van der Waals surface area contributed by atoms with Crippen LogP contribution >= 0.6 is 0 Å². The van der Waals surface area contributed by atoms with E-state index in [4.69, 9.17) is 4.74 Å². The molecular weight excluding hydrogens is 457 g/mol. The molecule has 4 aromatic rings. The standard InChI is InChI=1S/C25H23F3N6O/c1-16-14-33(15-29-16)21-11-9-19(30-24(21)35-2)10-12-22-31-23-20(4-3-13-34(23)32-22)17-5-7-18(8-6-17)25(26,27)28/h5-12,14-15,20H,3-4,13H2,1-2H3. The highest BCUT2D eigenvalue weighted by Crippen LogP contribution is 2.35. The van der Waals surface area contributed by atoms with Gasteiger partial charge in [0.15, 0.2) is 5.82 Å². The molecule has 1 atom stereocenters. The molecule has 0 radical (unpaired) electrons. The summed E-state index contributed by atoms with van der Waals surface area (Å²) in [4.78, 5) is 13.5. The molecule has 1 aliphatic heterocycles. The summed E-state index contributed by atoms with van der Waals surface area (Å²) in [6, 6.07) is 9.09. The fourth-order valence-corrected chi connectivity index (χ4v) is 4.26. The minimum absolute atomic E-state index is 0.100. The van der Waals surface area contributed by atoms with Crippen molar-refractivity contribution in [2.75, 3.05) is 7.11 Å². The molecular formula is C25H23F3N6O. The van der Waals surface area contributed by atoms with E-state index in [0.717, 1.165) is 54.3 Å². The van der Waals surface area contributed by atoms with Crippen LogP contribution in [0, 0.1) is 6.92 Å². The van der Waals surface area contributed by atoms with Crippen LogP contribution < -0.4 is 4.74 Å². The molecule has 5 rings (SSSR count). The minimum atomic E-state index is -4.35. The number of hydrogen-bond acceptors (Lipinski definition) is 5. The van der Waals surface area contributed by atoms with E-state index in [9.17, 15) is 13.2 Å². The zero-order valence-corrected chi connectivity index (χ0v) is 19.2. The first kappa shape index (κ1) is 22.8. The van der Waals surface area contributed by atoms with Crippen LogP contribution in [0.15, 0.2) is 48.9 Å². The summed E-state index contributed by atoms with van der Waals surface area (Å²) < 4.78 is 48.0. The topological polar surface area (TPSA) is 70.7 Å². The molecule has 10 heteroatoms. The maximum Gasteiger partial charge on any atom is 0.416 e. The van der Waals surface area contributed by atoms with Gasteiger partial charge in [0.1, 0.15) is 11.5 Å². The number of nitrogens with zero attached hydrogens (tertiary/aromatic N) is 6. The molecule has 0 N–H and O–H groups in total. The van der Waals surface area contributed by atoms with Gasteiger partial charge in [-0.3, -0.25) is 0 Å². The lowest BCUT2D eigenvalue weighted by Gasteiger charge is -2.22. The summed E-state index contributed by atoms with van der Waals surface area (Å²) in [5.74, 6) is 1.64. The van der Waals surface area contributed by atoms with Gasteiger partial charge in [-0.2, -0.15) is 18.3 Å². The molecule has 4 heterocycles. The molecule has 1 unspecified atom stereocenters. The molecule has 0 aliphatic carbocycles. The Labute approximate surface area is 199 Å². The highest BCUT2D eigenvalue weighted by atomic mass is 19.4. The number of aryl methyl sites for hydroxylation is 2. The van der Waals surface area contributed by atoms with Crippen LogP contribution in [-0.2, 0) is 12.7 Å². The second-order valence-electron chi connectivity index (χ2n) is 8.39. The number of hydrogen-bond donors (Lipinski definition) is 0. The van der Waals surface area contributed by atoms with E-state index in [1.165, 1.54) is 12.1 Å². The summed E-state index contributed by atoms with van der Waals surface area (Å²) in [6.07, 6.45) is 4.51. The van der Waals surface area contributed by atoms with E-state index in [2.05, 4.69) is 20.1 Å². The number of alkyl halides is 3. The molecule has 0 spiro atoms. The van der Waals surface area contributed by atoms with Gasteiger partial charge in [-0.25, -0.2) is 19.6 Å². The molecule has 0 saturated heterocycles. The van der Waals surface area contributed by atoms with Crippen molar-refractivity contribution in [3.63, 3.8) is 0 Å². The minimum Gasteiger partial charge on any atom is -0.479 e. The van der Waals surface area contributed by atoms with Gasteiger partial charge in [0.05, 0.1) is 30.4 Å². The number of fused-ring (bicyclic) bond motifs is 1. The monoisotopic (exact) mass is 480 g/mol. The predicted molar refractivity (Wildman–Crippen MR) is 124 cm³/mol. The Morgan fingerprint density at radius 1 is 1.06 bits per heavy atom. The third-order valence-corrected chi connectivity index (χ3v) is 5.98. The van der Waals surface area contributed by atoms with E-state index in [-0.39, 0.29) is 5.92 Å². The highest BCUT2D eigenvalue weighted by molar-refractivity contribution is 5.65. The smallest absolute Gasteiger partial charge is 0.416 e. The quantitative estimate of drug-likeness (QED) is 0.388. The fourth-order valence-electron chi connectivity index (χ4n) is 4.26. The molecule has 0 fully saturated rings. The summed E-state index contributed by atoms with van der Waals surface area (Å²) in [7, 11) is 1.56. The van der Waals surface area contributed by atoms with Crippen molar-refractivity contribution in [3.8, 4) is 11.6 Å². The van der Waals surface area contributed by atoms with Gasteiger partial charge in [0.25, 0.3) is 0 Å². The van der Waals surface area contributed by atoms with Gasteiger partial charge in [0.2, 0.25) is 5.88 Å². The third kappa shape index (κ3) is 4.68. The summed E-state index contributed by atoms with van der Waals surface area (Å²) in [5.41, 5.74) is 2.49. The van der Waals surface area contributed by atoms with Crippen LogP contribution in [0.4, 0.5) is 13.2 Å². The van der Waals surface area contributed by atoms with Crippen LogP contribution in [0.25, 0.3) is 17.8 Å². The summed E-state index contributed by atoms with van der Waals surface area (Å²) in [6.45, 7) is 2.63. The number of pyridine rings is 1. The number of ether oxygens (including phenoxy) is 1. The van der Waals surface area contributed by atoms with Crippen LogP contribution in [0.1, 0.15) is 52.9 Å². The Hall–Kier alpha value is -3.95. The van der Waals surface area contributed by atoms with Crippen molar-refractivity contribution in [1.29, 1.82) is 0 Å². The number of methoxy groups -OCH3 is 1. The third-order valence-electron chi connectivity index (χ3n) is 5.98.